The van der Waals surface area contributed by atoms with Crippen LogP contribution in [-0.4, -0.2) is 16.3 Å². The van der Waals surface area contributed by atoms with Gasteiger partial charge >= 0.3 is 0 Å². The van der Waals surface area contributed by atoms with E-state index in [0.717, 1.165) is 11.1 Å². The van der Waals surface area contributed by atoms with Crippen molar-refractivity contribution in [2.24, 2.45) is 0 Å². The normalized spacial score (nSPS) is 14.2. The van der Waals surface area contributed by atoms with Gasteiger partial charge < -0.3 is 10.2 Å². The van der Waals surface area contributed by atoms with Gasteiger partial charge in [-0.3, -0.25) is 0 Å². The van der Waals surface area contributed by atoms with E-state index in [1.54, 1.807) is 19.1 Å². The fraction of sp³-hybridized carbons (Fsp3) is 0.200. The fourth-order valence-corrected chi connectivity index (χ4v) is 2.13. The zero-order valence-electron chi connectivity index (χ0n) is 9.75. The molecule has 0 fully saturated rings. The van der Waals surface area contributed by atoms with Gasteiger partial charge in [-0.25, -0.2) is 0 Å². The van der Waals surface area contributed by atoms with Crippen LogP contribution in [0.1, 0.15) is 24.0 Å². The molecule has 2 aromatic carbocycles. The molecule has 0 bridgehead atoms. The van der Waals surface area contributed by atoms with Crippen molar-refractivity contribution in [2.75, 3.05) is 0 Å². The van der Waals surface area contributed by atoms with Gasteiger partial charge in [-0.15, -0.1) is 0 Å². The highest BCUT2D eigenvalue weighted by atomic mass is 16.3. The molecule has 0 radical (unpaired) electrons. The van der Waals surface area contributed by atoms with E-state index < -0.39 is 6.10 Å². The van der Waals surface area contributed by atoms with Gasteiger partial charge in [0, 0.05) is 11.5 Å². The molecule has 0 spiro atoms. The zero-order valence-corrected chi connectivity index (χ0v) is 9.75. The topological polar surface area (TPSA) is 40.5 Å². The van der Waals surface area contributed by atoms with Gasteiger partial charge in [0.25, 0.3) is 0 Å². The first-order chi connectivity index (χ1) is 8.20. The Morgan fingerprint density at radius 2 is 1.47 bits per heavy atom. The molecule has 0 heterocycles. The maximum absolute atomic E-state index is 9.93. The van der Waals surface area contributed by atoms with Crippen molar-refractivity contribution in [1.82, 2.24) is 0 Å². The van der Waals surface area contributed by atoms with Crippen LogP contribution in [0.15, 0.2) is 54.6 Å². The molecule has 0 aliphatic carbocycles. The van der Waals surface area contributed by atoms with Crippen LogP contribution in [0.3, 0.4) is 0 Å². The van der Waals surface area contributed by atoms with Crippen molar-refractivity contribution >= 4 is 0 Å². The summed E-state index contributed by atoms with van der Waals surface area (Å²) in [7, 11) is 0. The molecule has 0 saturated heterocycles. The first-order valence-electron chi connectivity index (χ1n) is 5.71. The summed E-state index contributed by atoms with van der Waals surface area (Å²) in [5, 5.41) is 19.8. The van der Waals surface area contributed by atoms with Crippen LogP contribution < -0.4 is 0 Å². The van der Waals surface area contributed by atoms with Crippen LogP contribution in [0.25, 0.3) is 0 Å². The van der Waals surface area contributed by atoms with Crippen molar-refractivity contribution in [2.45, 2.75) is 18.9 Å². The number of benzene rings is 2. The second kappa shape index (κ2) is 5.02. The second-order valence-corrected chi connectivity index (χ2v) is 4.19. The number of aliphatic hydroxyl groups is 1. The van der Waals surface area contributed by atoms with Gasteiger partial charge in [-0.05, 0) is 18.6 Å². The van der Waals surface area contributed by atoms with E-state index in [-0.39, 0.29) is 11.7 Å². The molecule has 2 rings (SSSR count). The predicted octanol–water partition coefficient (Wildman–Crippen LogP) is 2.90. The molecule has 2 unspecified atom stereocenters. The number of hydrogen-bond acceptors (Lipinski definition) is 2. The number of aromatic hydroxyl groups is 1. The first-order valence-corrected chi connectivity index (χ1v) is 5.71. The van der Waals surface area contributed by atoms with E-state index in [9.17, 15) is 10.2 Å². The molecule has 2 aromatic rings. The lowest BCUT2D eigenvalue weighted by atomic mass is 9.87. The van der Waals surface area contributed by atoms with E-state index in [4.69, 9.17) is 0 Å². The van der Waals surface area contributed by atoms with Gasteiger partial charge in [0.05, 0.1) is 6.10 Å². The monoisotopic (exact) mass is 228 g/mol. The molecule has 0 aliphatic rings. The van der Waals surface area contributed by atoms with Crippen molar-refractivity contribution < 1.29 is 10.2 Å². The maximum Gasteiger partial charge on any atom is 0.119 e. The molecule has 88 valence electrons. The summed E-state index contributed by atoms with van der Waals surface area (Å²) in [5.41, 5.74) is 1.76. The molecule has 0 saturated carbocycles. The van der Waals surface area contributed by atoms with Crippen LogP contribution in [-0.2, 0) is 0 Å². The summed E-state index contributed by atoms with van der Waals surface area (Å²) in [6.45, 7) is 1.74. The van der Waals surface area contributed by atoms with Crippen molar-refractivity contribution in [3.05, 3.63) is 65.7 Å². The van der Waals surface area contributed by atoms with Gasteiger partial charge in [-0.1, -0.05) is 48.5 Å². The molecule has 0 amide bonds. The average molecular weight is 228 g/mol. The summed E-state index contributed by atoms with van der Waals surface area (Å²) >= 11 is 0. The summed E-state index contributed by atoms with van der Waals surface area (Å²) < 4.78 is 0. The van der Waals surface area contributed by atoms with Crippen LogP contribution in [0.2, 0.25) is 0 Å². The molecular formula is C15H16O2. The number of phenols is 1. The molecule has 0 aromatic heterocycles. The Morgan fingerprint density at radius 3 is 2.06 bits per heavy atom. The minimum absolute atomic E-state index is 0.197. The lowest BCUT2D eigenvalue weighted by molar-refractivity contribution is 0.175. The Bertz CT molecular complexity index is 477. The molecular weight excluding hydrogens is 212 g/mol. The molecule has 2 heteroatoms. The summed E-state index contributed by atoms with van der Waals surface area (Å²) in [6.07, 6.45) is -0.550. The smallest absolute Gasteiger partial charge is 0.119 e. The molecule has 17 heavy (non-hydrogen) atoms. The number of para-hydroxylation sites is 1. The minimum atomic E-state index is -0.550. The molecule has 2 nitrogen and oxygen atoms in total. The van der Waals surface area contributed by atoms with Gasteiger partial charge in [0.2, 0.25) is 0 Å². The lowest BCUT2D eigenvalue weighted by Gasteiger charge is -2.21. The zero-order chi connectivity index (χ0) is 12.3. The SMILES string of the molecule is CC(O)C(c1ccccc1)c1ccccc1O. The Balaban J connectivity index is 2.47. The Kier molecular flexibility index (Phi) is 3.45. The standard InChI is InChI=1S/C15H16O2/c1-11(16)15(12-7-3-2-4-8-12)13-9-5-6-10-14(13)17/h2-11,15-17H,1H3. The molecule has 2 N–H and O–H groups in total. The maximum atomic E-state index is 9.93. The van der Waals surface area contributed by atoms with Gasteiger partial charge in [0.15, 0.2) is 0 Å². The third-order valence-electron chi connectivity index (χ3n) is 2.91. The lowest BCUT2D eigenvalue weighted by Crippen LogP contribution is -2.16. The quantitative estimate of drug-likeness (QED) is 0.848. The minimum Gasteiger partial charge on any atom is -0.508 e. The predicted molar refractivity (Wildman–Crippen MR) is 68.1 cm³/mol. The summed E-state index contributed by atoms with van der Waals surface area (Å²) in [5.74, 6) is 0.0275. The van der Waals surface area contributed by atoms with E-state index >= 15 is 0 Å². The van der Waals surface area contributed by atoms with Crippen molar-refractivity contribution in [3.63, 3.8) is 0 Å². The molecule has 0 aliphatic heterocycles. The molecule has 2 atom stereocenters. The highest BCUT2D eigenvalue weighted by Crippen LogP contribution is 2.33. The Labute approximate surface area is 101 Å². The largest absolute Gasteiger partial charge is 0.508 e. The number of rotatable bonds is 3. The van der Waals surface area contributed by atoms with E-state index in [1.807, 2.05) is 42.5 Å². The van der Waals surface area contributed by atoms with E-state index in [0.29, 0.717) is 0 Å². The van der Waals surface area contributed by atoms with Gasteiger partial charge in [-0.2, -0.15) is 0 Å². The van der Waals surface area contributed by atoms with E-state index in [1.165, 1.54) is 0 Å². The van der Waals surface area contributed by atoms with Crippen molar-refractivity contribution in [3.8, 4) is 5.75 Å². The third kappa shape index (κ3) is 2.48. The van der Waals surface area contributed by atoms with Crippen LogP contribution in [0, 0.1) is 0 Å². The Hall–Kier alpha value is -1.80. The summed E-state index contributed by atoms with van der Waals surface area (Å²) in [4.78, 5) is 0. The van der Waals surface area contributed by atoms with Crippen molar-refractivity contribution in [1.29, 1.82) is 0 Å². The van der Waals surface area contributed by atoms with E-state index in [2.05, 4.69) is 0 Å². The number of aliphatic hydroxyl groups excluding tert-OH is 1. The third-order valence-corrected chi connectivity index (χ3v) is 2.91. The first kappa shape index (κ1) is 11.7. The van der Waals surface area contributed by atoms with Crippen LogP contribution in [0.5, 0.6) is 5.75 Å². The summed E-state index contributed by atoms with van der Waals surface area (Å²) in [6, 6.07) is 16.9. The fourth-order valence-electron chi connectivity index (χ4n) is 2.13. The second-order valence-electron chi connectivity index (χ2n) is 4.19. The Morgan fingerprint density at radius 1 is 0.882 bits per heavy atom. The van der Waals surface area contributed by atoms with Gasteiger partial charge in [0.1, 0.15) is 5.75 Å². The highest BCUT2D eigenvalue weighted by molar-refractivity contribution is 5.41. The number of phenolic OH excluding ortho intramolecular Hbond substituents is 1. The highest BCUT2D eigenvalue weighted by Gasteiger charge is 2.21. The number of hydrogen-bond donors (Lipinski definition) is 2. The van der Waals surface area contributed by atoms with Crippen LogP contribution >= 0.6 is 0 Å². The average Bonchev–Trinajstić information content (AvgIpc) is 2.33. The van der Waals surface area contributed by atoms with Crippen LogP contribution in [0.4, 0.5) is 0 Å².